The average Bonchev–Trinajstić information content (AvgIpc) is 2.30. The fourth-order valence-corrected chi connectivity index (χ4v) is 2.23. The quantitative estimate of drug-likeness (QED) is 0.220. The van der Waals surface area contributed by atoms with Crippen molar-refractivity contribution in [3.63, 3.8) is 0 Å². The Morgan fingerprint density at radius 3 is 0.889 bits per heavy atom. The number of hydrogen-bond acceptors (Lipinski definition) is 0. The second-order valence-electron chi connectivity index (χ2n) is 4.93. The summed E-state index contributed by atoms with van der Waals surface area (Å²) in [6.45, 7) is 0. The fraction of sp³-hybridized carbons (Fsp3) is 0.750. The molecule has 2 aliphatic carbocycles. The molecule has 18 heavy (non-hydrogen) atoms. The maximum atomic E-state index is 2.52. The first-order valence-corrected chi connectivity index (χ1v) is 12.3. The standard InChI is InChI=1S/2C8H14.HI.Rh/c2*1-2-4-6-8-7-5-3-1;;/h2*1-2H,3-8H2;1H;/q;;;+1/p-1/b2*2-1-;;. The molecule has 0 N–H and O–H groups in total. The molecule has 0 nitrogen and oxygen atoms in total. The summed E-state index contributed by atoms with van der Waals surface area (Å²) in [5, 5.41) is 0. The van der Waals surface area contributed by atoms with Crippen LogP contribution in [-0.2, 0) is 14.8 Å². The van der Waals surface area contributed by atoms with Crippen LogP contribution in [0.15, 0.2) is 24.3 Å². The molecule has 0 atom stereocenters. The summed E-state index contributed by atoms with van der Waals surface area (Å²) in [5.74, 6) is 0. The summed E-state index contributed by atoms with van der Waals surface area (Å²) >= 11 is 4.56. The fourth-order valence-electron chi connectivity index (χ4n) is 2.23. The van der Waals surface area contributed by atoms with Gasteiger partial charge in [0, 0.05) is 0 Å². The first kappa shape index (κ1) is 18.8. The second-order valence-corrected chi connectivity index (χ2v) is 4.93. The van der Waals surface area contributed by atoms with Crippen LogP contribution in [0.25, 0.3) is 0 Å². The molecule has 2 rings (SSSR count). The van der Waals surface area contributed by atoms with E-state index in [4.69, 9.17) is 0 Å². The van der Waals surface area contributed by atoms with Gasteiger partial charge >= 0.3 is 34.5 Å². The van der Waals surface area contributed by atoms with E-state index in [9.17, 15) is 0 Å². The average molecular weight is 450 g/mol. The van der Waals surface area contributed by atoms with Crippen molar-refractivity contribution >= 4 is 19.8 Å². The molecule has 0 heterocycles. The maximum absolute atomic E-state index is 2.52. The third kappa shape index (κ3) is 14.9. The molecule has 0 unspecified atom stereocenters. The monoisotopic (exact) mass is 450 g/mol. The Kier molecular flexibility index (Phi) is 18.7. The van der Waals surface area contributed by atoms with Crippen molar-refractivity contribution in [2.45, 2.75) is 77.0 Å². The van der Waals surface area contributed by atoms with E-state index in [1.165, 1.54) is 77.0 Å². The predicted octanol–water partition coefficient (Wildman–Crippen LogP) is 6.68. The normalized spacial score (nSPS) is 23.5. The van der Waals surface area contributed by atoms with Crippen LogP contribution in [0.3, 0.4) is 0 Å². The first-order chi connectivity index (χ1) is 9.00. The summed E-state index contributed by atoms with van der Waals surface area (Å²) in [4.78, 5) is 0. The molecule has 2 heteroatoms. The number of allylic oxidation sites excluding steroid dienone is 4. The van der Waals surface area contributed by atoms with Crippen molar-refractivity contribution in [2.75, 3.05) is 0 Å². The van der Waals surface area contributed by atoms with Crippen LogP contribution in [-0.4, -0.2) is 0 Å². The molecule has 0 spiro atoms. The van der Waals surface area contributed by atoms with Crippen LogP contribution in [0.4, 0.5) is 0 Å². The van der Waals surface area contributed by atoms with E-state index >= 15 is 0 Å². The Bertz CT molecular complexity index is 157. The Balaban J connectivity index is 0.000000283. The van der Waals surface area contributed by atoms with Crippen molar-refractivity contribution in [3.05, 3.63) is 24.3 Å². The van der Waals surface area contributed by atoms with Gasteiger partial charge in [-0.25, -0.2) is 0 Å². The molecule has 0 aromatic heterocycles. The molecule has 0 aromatic rings. The molecule has 0 radical (unpaired) electrons. The zero-order valence-electron chi connectivity index (χ0n) is 11.5. The summed E-state index contributed by atoms with van der Waals surface area (Å²) in [6, 6.07) is 0. The minimum absolute atomic E-state index is 1.32. The van der Waals surface area contributed by atoms with Gasteiger partial charge in [0.25, 0.3) is 0 Å². The van der Waals surface area contributed by atoms with Gasteiger partial charge in [-0.15, -0.1) is 0 Å². The van der Waals surface area contributed by atoms with Crippen molar-refractivity contribution in [3.8, 4) is 0 Å². The van der Waals surface area contributed by atoms with E-state index in [0.29, 0.717) is 0 Å². The predicted molar refractivity (Wildman–Crippen MR) is 87.7 cm³/mol. The van der Waals surface area contributed by atoms with E-state index < -0.39 is 0 Å². The molecule has 2 aliphatic rings. The molecule has 0 amide bonds. The molecular weight excluding hydrogens is 422 g/mol. The molecule has 0 aromatic carbocycles. The van der Waals surface area contributed by atoms with Gasteiger partial charge in [-0.3, -0.25) is 0 Å². The van der Waals surface area contributed by atoms with Crippen LogP contribution in [0.5, 0.6) is 0 Å². The van der Waals surface area contributed by atoms with E-state index in [1.54, 1.807) is 0 Å². The molecule has 0 bridgehead atoms. The summed E-state index contributed by atoms with van der Waals surface area (Å²) < 4.78 is 0. The van der Waals surface area contributed by atoms with Gasteiger partial charge in [0.1, 0.15) is 0 Å². The minimum atomic E-state index is 1.32. The van der Waals surface area contributed by atoms with E-state index in [2.05, 4.69) is 39.1 Å². The second kappa shape index (κ2) is 17.8. The van der Waals surface area contributed by atoms with Gasteiger partial charge in [-0.1, -0.05) is 50.0 Å². The van der Waals surface area contributed by atoms with Crippen LogP contribution in [0.1, 0.15) is 77.0 Å². The van der Waals surface area contributed by atoms with E-state index in [0.717, 1.165) is 0 Å². The Hall–Kier alpha value is 0.833. The zero-order chi connectivity index (χ0) is 13.3. The Labute approximate surface area is 135 Å². The van der Waals surface area contributed by atoms with Gasteiger partial charge in [-0.2, -0.15) is 0 Å². The van der Waals surface area contributed by atoms with Crippen LogP contribution < -0.4 is 0 Å². The van der Waals surface area contributed by atoms with E-state index in [1.807, 2.05) is 19.8 Å². The summed E-state index contributed by atoms with van der Waals surface area (Å²) in [6.07, 6.45) is 26.0. The molecule has 0 fully saturated rings. The van der Waals surface area contributed by atoms with Gasteiger partial charge in [0.15, 0.2) is 0 Å². The van der Waals surface area contributed by atoms with Crippen molar-refractivity contribution < 1.29 is 14.8 Å². The van der Waals surface area contributed by atoms with Gasteiger partial charge in [-0.05, 0) is 51.4 Å². The number of rotatable bonds is 0. The molecule has 108 valence electrons. The van der Waals surface area contributed by atoms with Crippen LogP contribution in [0, 0.1) is 0 Å². The first-order valence-electron chi connectivity index (χ1n) is 7.43. The van der Waals surface area contributed by atoms with Gasteiger partial charge in [0.2, 0.25) is 0 Å². The summed E-state index contributed by atoms with van der Waals surface area (Å²) in [5.41, 5.74) is 0. The molecule has 0 saturated heterocycles. The molecule has 0 aliphatic heterocycles. The Morgan fingerprint density at radius 2 is 0.667 bits per heavy atom. The third-order valence-electron chi connectivity index (χ3n) is 3.32. The third-order valence-corrected chi connectivity index (χ3v) is 3.32. The Morgan fingerprint density at radius 1 is 0.444 bits per heavy atom. The van der Waals surface area contributed by atoms with Gasteiger partial charge < -0.3 is 0 Å². The zero-order valence-corrected chi connectivity index (χ0v) is 15.3. The summed E-state index contributed by atoms with van der Waals surface area (Å²) in [7, 11) is 0. The van der Waals surface area contributed by atoms with Crippen molar-refractivity contribution in [1.82, 2.24) is 0 Å². The topological polar surface area (TPSA) is 0 Å². The number of hydrogen-bond donors (Lipinski definition) is 0. The van der Waals surface area contributed by atoms with Crippen LogP contribution >= 0.6 is 19.8 Å². The SMILES string of the molecule is C1=C\CCCCCC/1.C1=C\CCCCCC/1.[Rh][I]. The van der Waals surface area contributed by atoms with Gasteiger partial charge in [0.05, 0.1) is 0 Å². The molecule has 0 saturated carbocycles. The van der Waals surface area contributed by atoms with Crippen LogP contribution in [0.2, 0.25) is 0 Å². The van der Waals surface area contributed by atoms with Crippen molar-refractivity contribution in [1.29, 1.82) is 0 Å². The number of halogens is 1. The van der Waals surface area contributed by atoms with Crippen molar-refractivity contribution in [2.24, 2.45) is 0 Å². The molecular formula is C16H28IRh. The van der Waals surface area contributed by atoms with E-state index in [-0.39, 0.29) is 0 Å².